The molecule has 0 bridgehead atoms. The molecular weight excluding hydrogens is 334 g/mol. The fraction of sp³-hybridized carbons (Fsp3) is 0.182. The van der Waals surface area contributed by atoms with Crippen molar-refractivity contribution in [2.24, 2.45) is 0 Å². The largest absolute Gasteiger partial charge is 0.439 e. The Balaban J connectivity index is 2.56. The maximum absolute atomic E-state index is 12.9. The van der Waals surface area contributed by atoms with E-state index in [2.05, 4.69) is 20.9 Å². The van der Waals surface area contributed by atoms with Crippen molar-refractivity contribution in [1.29, 1.82) is 0 Å². The molecule has 0 saturated heterocycles. The summed E-state index contributed by atoms with van der Waals surface area (Å²) < 4.78 is 44.2. The van der Waals surface area contributed by atoms with Crippen molar-refractivity contribution in [1.82, 2.24) is 4.98 Å². The predicted octanol–water partition coefficient (Wildman–Crippen LogP) is 4.86. The highest BCUT2D eigenvalue weighted by molar-refractivity contribution is 9.10. The fourth-order valence-corrected chi connectivity index (χ4v) is 1.95. The number of alkyl halides is 4. The number of halogens is 5. The Bertz CT molecular complexity index is 568. The van der Waals surface area contributed by atoms with Crippen LogP contribution in [0.3, 0.4) is 0 Å². The molecule has 2 nitrogen and oxygen atoms in total. The molecule has 0 saturated carbocycles. The van der Waals surface area contributed by atoms with Crippen LogP contribution in [-0.4, -0.2) is 4.98 Å². The lowest BCUT2D eigenvalue weighted by Gasteiger charge is -2.11. The van der Waals surface area contributed by atoms with E-state index in [1.807, 2.05) is 0 Å². The SMILES string of the molecule is FC(F)(F)c1cc(Br)ccc1-c1cnc(CCl)o1. The zero-order valence-electron chi connectivity index (χ0n) is 8.76. The first-order valence-corrected chi connectivity index (χ1v) is 6.12. The monoisotopic (exact) mass is 339 g/mol. The van der Waals surface area contributed by atoms with Crippen LogP contribution < -0.4 is 0 Å². The second-order valence-corrected chi connectivity index (χ2v) is 4.62. The van der Waals surface area contributed by atoms with Crippen molar-refractivity contribution >= 4 is 27.5 Å². The molecule has 18 heavy (non-hydrogen) atoms. The number of aromatic nitrogens is 1. The molecule has 7 heteroatoms. The molecule has 2 aromatic rings. The van der Waals surface area contributed by atoms with Gasteiger partial charge in [-0.05, 0) is 18.2 Å². The molecule has 0 aliphatic rings. The summed E-state index contributed by atoms with van der Waals surface area (Å²) in [6.07, 6.45) is -3.23. The predicted molar refractivity (Wildman–Crippen MR) is 64.2 cm³/mol. The minimum Gasteiger partial charge on any atom is -0.439 e. The number of oxazole rings is 1. The maximum Gasteiger partial charge on any atom is 0.417 e. The molecule has 0 unspecified atom stereocenters. The Morgan fingerprint density at radius 1 is 1.33 bits per heavy atom. The van der Waals surface area contributed by atoms with Gasteiger partial charge in [0.1, 0.15) is 0 Å². The van der Waals surface area contributed by atoms with E-state index in [4.69, 9.17) is 16.0 Å². The number of hydrogen-bond acceptors (Lipinski definition) is 2. The Labute approximate surface area is 114 Å². The smallest absolute Gasteiger partial charge is 0.417 e. The number of rotatable bonds is 2. The summed E-state index contributed by atoms with van der Waals surface area (Å²) in [7, 11) is 0. The second kappa shape index (κ2) is 4.93. The summed E-state index contributed by atoms with van der Waals surface area (Å²) >= 11 is 8.51. The molecule has 1 aromatic carbocycles. The number of nitrogens with zero attached hydrogens (tertiary/aromatic N) is 1. The van der Waals surface area contributed by atoms with Crippen molar-refractivity contribution in [3.63, 3.8) is 0 Å². The van der Waals surface area contributed by atoms with Crippen molar-refractivity contribution in [3.05, 3.63) is 40.3 Å². The van der Waals surface area contributed by atoms with E-state index in [1.165, 1.54) is 18.3 Å². The third kappa shape index (κ3) is 2.70. The molecule has 0 spiro atoms. The average molecular weight is 341 g/mol. The summed E-state index contributed by atoms with van der Waals surface area (Å²) in [6, 6.07) is 3.83. The van der Waals surface area contributed by atoms with Gasteiger partial charge in [-0.2, -0.15) is 13.2 Å². The molecule has 2 rings (SSSR count). The third-order valence-corrected chi connectivity index (χ3v) is 2.94. The topological polar surface area (TPSA) is 26.0 Å². The molecule has 0 fully saturated rings. The van der Waals surface area contributed by atoms with Crippen LogP contribution in [0.4, 0.5) is 13.2 Å². The molecule has 0 atom stereocenters. The molecule has 0 radical (unpaired) electrons. The van der Waals surface area contributed by atoms with E-state index < -0.39 is 11.7 Å². The zero-order valence-corrected chi connectivity index (χ0v) is 11.1. The van der Waals surface area contributed by atoms with Crippen molar-refractivity contribution in [3.8, 4) is 11.3 Å². The van der Waals surface area contributed by atoms with Crippen LogP contribution in [0, 0.1) is 0 Å². The maximum atomic E-state index is 12.9. The van der Waals surface area contributed by atoms with Gasteiger partial charge in [-0.3, -0.25) is 0 Å². The lowest BCUT2D eigenvalue weighted by atomic mass is 10.1. The lowest BCUT2D eigenvalue weighted by Crippen LogP contribution is -2.06. The van der Waals surface area contributed by atoms with Crippen LogP contribution in [0.25, 0.3) is 11.3 Å². The first kappa shape index (κ1) is 13.4. The van der Waals surface area contributed by atoms with Gasteiger partial charge < -0.3 is 4.42 Å². The highest BCUT2D eigenvalue weighted by atomic mass is 79.9. The molecule has 1 aromatic heterocycles. The average Bonchev–Trinajstić information content (AvgIpc) is 2.76. The molecule has 1 heterocycles. The minimum atomic E-state index is -4.47. The van der Waals surface area contributed by atoms with E-state index in [9.17, 15) is 13.2 Å². The quantitative estimate of drug-likeness (QED) is 0.730. The summed E-state index contributed by atoms with van der Waals surface area (Å²) in [5, 5.41) is 0. The Kier molecular flexibility index (Phi) is 3.68. The van der Waals surface area contributed by atoms with Gasteiger partial charge in [0.2, 0.25) is 5.89 Å². The van der Waals surface area contributed by atoms with Gasteiger partial charge in [0, 0.05) is 10.0 Å². The first-order chi connectivity index (χ1) is 8.41. The van der Waals surface area contributed by atoms with Crippen LogP contribution in [0.15, 0.2) is 33.3 Å². The van der Waals surface area contributed by atoms with E-state index in [0.29, 0.717) is 4.47 Å². The highest BCUT2D eigenvalue weighted by Crippen LogP contribution is 2.38. The zero-order chi connectivity index (χ0) is 13.3. The molecule has 0 aliphatic heterocycles. The van der Waals surface area contributed by atoms with Gasteiger partial charge in [0.15, 0.2) is 5.76 Å². The van der Waals surface area contributed by atoms with Crippen LogP contribution >= 0.6 is 27.5 Å². The lowest BCUT2D eigenvalue weighted by molar-refractivity contribution is -0.137. The van der Waals surface area contributed by atoms with Crippen LogP contribution in [0.1, 0.15) is 11.5 Å². The van der Waals surface area contributed by atoms with Gasteiger partial charge in [-0.25, -0.2) is 4.98 Å². The first-order valence-electron chi connectivity index (χ1n) is 4.79. The van der Waals surface area contributed by atoms with E-state index in [0.717, 1.165) is 6.07 Å². The molecule has 96 valence electrons. The van der Waals surface area contributed by atoms with Gasteiger partial charge in [-0.15, -0.1) is 11.6 Å². The summed E-state index contributed by atoms with van der Waals surface area (Å²) in [5.41, 5.74) is -0.844. The molecule has 0 N–H and O–H groups in total. The normalized spacial score (nSPS) is 11.8. The van der Waals surface area contributed by atoms with Crippen molar-refractivity contribution in [2.45, 2.75) is 12.1 Å². The minimum absolute atomic E-state index is 0.0118. The summed E-state index contributed by atoms with van der Waals surface area (Å²) in [5.74, 6) is 0.242. The number of benzene rings is 1. The van der Waals surface area contributed by atoms with Crippen molar-refractivity contribution in [2.75, 3.05) is 0 Å². The van der Waals surface area contributed by atoms with Crippen molar-refractivity contribution < 1.29 is 17.6 Å². The summed E-state index contributed by atoms with van der Waals surface area (Å²) in [4.78, 5) is 3.78. The van der Waals surface area contributed by atoms with Gasteiger partial charge in [-0.1, -0.05) is 15.9 Å². The summed E-state index contributed by atoms with van der Waals surface area (Å²) in [6.45, 7) is 0. The van der Waals surface area contributed by atoms with E-state index in [1.54, 1.807) is 0 Å². The molecule has 0 amide bonds. The van der Waals surface area contributed by atoms with Gasteiger partial charge >= 0.3 is 6.18 Å². The standard InChI is InChI=1S/C11H6BrClF3NO/c12-6-1-2-7(8(3-6)11(14,15)16)9-5-17-10(4-13)18-9/h1-3,5H,4H2. The second-order valence-electron chi connectivity index (χ2n) is 3.44. The molecule has 0 aliphatic carbocycles. The molecular formula is C11H6BrClF3NO. The van der Waals surface area contributed by atoms with Gasteiger partial charge in [0.25, 0.3) is 0 Å². The van der Waals surface area contributed by atoms with Crippen LogP contribution in [-0.2, 0) is 12.1 Å². The van der Waals surface area contributed by atoms with Crippen LogP contribution in [0.5, 0.6) is 0 Å². The van der Waals surface area contributed by atoms with E-state index >= 15 is 0 Å². The highest BCUT2D eigenvalue weighted by Gasteiger charge is 2.34. The fourth-order valence-electron chi connectivity index (χ4n) is 1.46. The third-order valence-electron chi connectivity index (χ3n) is 2.22. The Morgan fingerprint density at radius 2 is 2.06 bits per heavy atom. The van der Waals surface area contributed by atoms with Gasteiger partial charge in [0.05, 0.1) is 17.6 Å². The van der Waals surface area contributed by atoms with Crippen LogP contribution in [0.2, 0.25) is 0 Å². The Morgan fingerprint density at radius 3 is 2.61 bits per heavy atom. The Hall–Kier alpha value is -1.01. The van der Waals surface area contributed by atoms with E-state index in [-0.39, 0.29) is 23.1 Å². The number of hydrogen-bond donors (Lipinski definition) is 0.